The van der Waals surface area contributed by atoms with E-state index in [9.17, 15) is 9.59 Å². The Kier molecular flexibility index (Phi) is 10.2. The third-order valence-electron chi connectivity index (χ3n) is 6.29. The van der Waals surface area contributed by atoms with Gasteiger partial charge < -0.3 is 21.3 Å². The van der Waals surface area contributed by atoms with Crippen molar-refractivity contribution < 1.29 is 9.59 Å². The molecule has 2 aliphatic heterocycles. The highest BCUT2D eigenvalue weighted by atomic mass is 33.1. The summed E-state index contributed by atoms with van der Waals surface area (Å²) < 4.78 is 0. The van der Waals surface area contributed by atoms with Gasteiger partial charge in [0.15, 0.2) is 0 Å². The normalized spacial score (nSPS) is 21.5. The minimum Gasteiger partial charge on any atom is -0.339 e. The minimum atomic E-state index is -0.522. The lowest BCUT2D eigenvalue weighted by atomic mass is 10.0. The molecule has 0 spiro atoms. The maximum Gasteiger partial charge on any atom is 0.240 e. The first-order valence-corrected chi connectivity index (χ1v) is 14.1. The van der Waals surface area contributed by atoms with E-state index in [0.717, 1.165) is 52.4 Å². The molecule has 2 fully saturated rings. The zero-order valence-corrected chi connectivity index (χ0v) is 22.4. The third kappa shape index (κ3) is 8.06. The fourth-order valence-corrected chi connectivity index (χ4v) is 6.28. The molecule has 186 valence electrons. The predicted octanol–water partition coefficient (Wildman–Crippen LogP) is 0.908. The average Bonchev–Trinajstić information content (AvgIpc) is 2.74. The van der Waals surface area contributed by atoms with E-state index in [2.05, 4.69) is 51.3 Å². The molecule has 0 aromatic heterocycles. The van der Waals surface area contributed by atoms with Gasteiger partial charge in [-0.3, -0.25) is 19.4 Å². The van der Waals surface area contributed by atoms with Crippen LogP contribution in [0.4, 0.5) is 0 Å². The van der Waals surface area contributed by atoms with E-state index in [1.165, 1.54) is 21.6 Å². The lowest BCUT2D eigenvalue weighted by Gasteiger charge is -2.42. The SMILES string of the molecule is CC(C)(C)N1CCN(C(=O)C(N)CSSCC(N)C(=O)N2CCN(C(C)(C)C)CC2)CC1. The summed E-state index contributed by atoms with van der Waals surface area (Å²) in [6.45, 7) is 19.6. The molecular weight excluding hydrogens is 444 g/mol. The lowest BCUT2D eigenvalue weighted by Crippen LogP contribution is -2.57. The second-order valence-corrected chi connectivity index (χ2v) is 13.3. The number of nitrogens with zero attached hydrogens (tertiary/aromatic N) is 4. The summed E-state index contributed by atoms with van der Waals surface area (Å²) in [5.74, 6) is 1.08. The number of hydrogen-bond acceptors (Lipinski definition) is 8. The van der Waals surface area contributed by atoms with Crippen LogP contribution in [0.3, 0.4) is 0 Å². The van der Waals surface area contributed by atoms with Gasteiger partial charge in [-0.1, -0.05) is 21.6 Å². The number of nitrogens with two attached hydrogens (primary N) is 2. The van der Waals surface area contributed by atoms with Gasteiger partial charge in [-0.15, -0.1) is 0 Å². The van der Waals surface area contributed by atoms with Crippen LogP contribution in [0.2, 0.25) is 0 Å². The fourth-order valence-electron chi connectivity index (χ4n) is 4.05. The predicted molar refractivity (Wildman–Crippen MR) is 137 cm³/mol. The van der Waals surface area contributed by atoms with Crippen molar-refractivity contribution in [3.05, 3.63) is 0 Å². The molecule has 0 bridgehead atoms. The van der Waals surface area contributed by atoms with E-state index in [1.54, 1.807) is 0 Å². The van der Waals surface area contributed by atoms with Gasteiger partial charge in [0.2, 0.25) is 11.8 Å². The number of rotatable bonds is 7. The van der Waals surface area contributed by atoms with E-state index >= 15 is 0 Å². The highest BCUT2D eigenvalue weighted by Crippen LogP contribution is 2.24. The number of carbonyl (C=O) groups excluding carboxylic acids is 2. The van der Waals surface area contributed by atoms with E-state index in [-0.39, 0.29) is 22.9 Å². The molecule has 0 aromatic carbocycles. The van der Waals surface area contributed by atoms with Gasteiger partial charge in [0.1, 0.15) is 0 Å². The van der Waals surface area contributed by atoms with E-state index in [4.69, 9.17) is 11.5 Å². The molecule has 10 heteroatoms. The van der Waals surface area contributed by atoms with E-state index in [0.29, 0.717) is 11.5 Å². The summed E-state index contributed by atoms with van der Waals surface area (Å²) in [6.07, 6.45) is 0. The number of piperazine rings is 2. The number of amides is 2. The largest absolute Gasteiger partial charge is 0.339 e. The van der Waals surface area contributed by atoms with Crippen LogP contribution in [0.1, 0.15) is 41.5 Å². The maximum atomic E-state index is 12.7. The van der Waals surface area contributed by atoms with Crippen molar-refractivity contribution in [3.8, 4) is 0 Å². The van der Waals surface area contributed by atoms with Crippen LogP contribution in [0.25, 0.3) is 0 Å². The van der Waals surface area contributed by atoms with Gasteiger partial charge in [-0.05, 0) is 41.5 Å². The summed E-state index contributed by atoms with van der Waals surface area (Å²) in [5.41, 5.74) is 12.6. The molecule has 4 N–H and O–H groups in total. The van der Waals surface area contributed by atoms with Crippen molar-refractivity contribution in [3.63, 3.8) is 0 Å². The zero-order valence-electron chi connectivity index (χ0n) is 20.8. The Hall–Kier alpha value is -0.520. The summed E-state index contributed by atoms with van der Waals surface area (Å²) in [5, 5.41) is 0. The van der Waals surface area contributed by atoms with Gasteiger partial charge >= 0.3 is 0 Å². The monoisotopic (exact) mass is 488 g/mol. The van der Waals surface area contributed by atoms with Crippen LogP contribution in [0, 0.1) is 0 Å². The standard InChI is InChI=1S/C22H44N6O2S2/c1-21(2,3)27-11-7-25(8-12-27)19(29)17(23)15-31-32-16-18(24)20(30)26-9-13-28(14-10-26)22(4,5)6/h17-18H,7-16,23-24H2,1-6H3. The zero-order chi connectivity index (χ0) is 24.1. The van der Waals surface area contributed by atoms with Crippen molar-refractivity contribution >= 4 is 33.4 Å². The first-order valence-electron chi connectivity index (χ1n) is 11.6. The highest BCUT2D eigenvalue weighted by Gasteiger charge is 2.31. The molecule has 0 aromatic rings. The first-order chi connectivity index (χ1) is 14.8. The molecule has 2 heterocycles. The van der Waals surface area contributed by atoms with Gasteiger partial charge in [0, 0.05) is 74.9 Å². The van der Waals surface area contributed by atoms with Crippen LogP contribution in [-0.4, -0.2) is 118 Å². The quantitative estimate of drug-likeness (QED) is 0.403. The second-order valence-electron chi connectivity index (χ2n) is 10.7. The van der Waals surface area contributed by atoms with Crippen LogP contribution in [0.5, 0.6) is 0 Å². The van der Waals surface area contributed by atoms with Crippen LogP contribution in [-0.2, 0) is 9.59 Å². The molecule has 8 nitrogen and oxygen atoms in total. The summed E-state index contributed by atoms with van der Waals surface area (Å²) >= 11 is 0. The molecule has 2 unspecified atom stereocenters. The summed E-state index contributed by atoms with van der Waals surface area (Å²) in [7, 11) is 3.06. The molecular formula is C22H44N6O2S2. The first kappa shape index (κ1) is 27.7. The van der Waals surface area contributed by atoms with Gasteiger partial charge in [-0.25, -0.2) is 0 Å². The van der Waals surface area contributed by atoms with Crippen LogP contribution >= 0.6 is 21.6 Å². The Labute approximate surface area is 202 Å². The number of carbonyl (C=O) groups is 2. The van der Waals surface area contributed by atoms with Gasteiger partial charge in [0.05, 0.1) is 12.1 Å². The summed E-state index contributed by atoms with van der Waals surface area (Å²) in [6, 6.07) is -1.04. The van der Waals surface area contributed by atoms with Crippen molar-refractivity contribution in [1.82, 2.24) is 19.6 Å². The summed E-state index contributed by atoms with van der Waals surface area (Å²) in [4.78, 5) is 33.9. The van der Waals surface area contributed by atoms with Crippen LogP contribution in [0.15, 0.2) is 0 Å². The topological polar surface area (TPSA) is 99.1 Å². The molecule has 2 aliphatic rings. The Morgan fingerprint density at radius 2 is 0.938 bits per heavy atom. The van der Waals surface area contributed by atoms with Crippen LogP contribution < -0.4 is 11.5 Å². The molecule has 2 rings (SSSR count). The molecule has 2 amide bonds. The Morgan fingerprint density at radius 1 is 0.656 bits per heavy atom. The highest BCUT2D eigenvalue weighted by molar-refractivity contribution is 8.76. The molecule has 0 saturated carbocycles. The molecule has 0 aliphatic carbocycles. The Morgan fingerprint density at radius 3 is 1.19 bits per heavy atom. The van der Waals surface area contributed by atoms with Gasteiger partial charge in [-0.2, -0.15) is 0 Å². The lowest BCUT2D eigenvalue weighted by molar-refractivity contribution is -0.135. The number of hydrogen-bond donors (Lipinski definition) is 2. The van der Waals surface area contributed by atoms with Crippen molar-refractivity contribution in [1.29, 1.82) is 0 Å². The van der Waals surface area contributed by atoms with Crippen molar-refractivity contribution in [2.24, 2.45) is 11.5 Å². The molecule has 32 heavy (non-hydrogen) atoms. The molecule has 0 radical (unpaired) electrons. The van der Waals surface area contributed by atoms with Crippen molar-refractivity contribution in [2.75, 3.05) is 63.9 Å². The minimum absolute atomic E-state index is 0.0174. The molecule has 2 saturated heterocycles. The van der Waals surface area contributed by atoms with E-state index in [1.807, 2.05) is 9.80 Å². The third-order valence-corrected chi connectivity index (χ3v) is 8.77. The smallest absolute Gasteiger partial charge is 0.240 e. The fraction of sp³-hybridized carbons (Fsp3) is 0.909. The maximum absolute atomic E-state index is 12.7. The second kappa shape index (κ2) is 11.8. The van der Waals surface area contributed by atoms with Crippen molar-refractivity contribution in [2.45, 2.75) is 64.7 Å². The van der Waals surface area contributed by atoms with E-state index < -0.39 is 12.1 Å². The van der Waals surface area contributed by atoms with Gasteiger partial charge in [0.25, 0.3) is 0 Å². The molecule has 2 atom stereocenters. The Balaban J connectivity index is 1.64. The average molecular weight is 489 g/mol. The Bertz CT molecular complexity index is 567.